The Balaban J connectivity index is 2.11. The summed E-state index contributed by atoms with van der Waals surface area (Å²) in [6.45, 7) is 8.74. The van der Waals surface area contributed by atoms with Gasteiger partial charge in [0.15, 0.2) is 0 Å². The summed E-state index contributed by atoms with van der Waals surface area (Å²) in [5.41, 5.74) is -0.0772. The van der Waals surface area contributed by atoms with Crippen LogP contribution >= 0.6 is 22.6 Å². The number of aromatic nitrogens is 1. The highest BCUT2D eigenvalue weighted by atomic mass is 127. The van der Waals surface area contributed by atoms with Crippen LogP contribution in [0.25, 0.3) is 0 Å². The second kappa shape index (κ2) is 7.76. The van der Waals surface area contributed by atoms with Crippen molar-refractivity contribution in [3.8, 4) is 5.88 Å². The van der Waals surface area contributed by atoms with E-state index in [-0.39, 0.29) is 18.0 Å². The van der Waals surface area contributed by atoms with E-state index in [1.54, 1.807) is 22.1 Å². The zero-order chi connectivity index (χ0) is 18.8. The molecule has 0 saturated carbocycles. The first-order valence-electron chi connectivity index (χ1n) is 8.11. The molecule has 1 aromatic rings. The third-order valence-corrected chi connectivity index (χ3v) is 4.71. The summed E-state index contributed by atoms with van der Waals surface area (Å²) in [5.74, 6) is 0.184. The maximum atomic E-state index is 12.9. The van der Waals surface area contributed by atoms with E-state index in [0.29, 0.717) is 31.1 Å². The average molecular weight is 461 g/mol. The van der Waals surface area contributed by atoms with Gasteiger partial charge in [0.25, 0.3) is 5.91 Å². The van der Waals surface area contributed by atoms with Gasteiger partial charge in [-0.15, -0.1) is 0 Å². The molecule has 1 aliphatic heterocycles. The van der Waals surface area contributed by atoms with Crippen molar-refractivity contribution in [2.24, 2.45) is 0 Å². The van der Waals surface area contributed by atoms with Crippen LogP contribution in [0.15, 0.2) is 12.3 Å². The second-order valence-electron chi connectivity index (χ2n) is 6.95. The Bertz CT molecular complexity index is 660. The fourth-order valence-corrected chi connectivity index (χ4v) is 3.28. The van der Waals surface area contributed by atoms with Crippen LogP contribution in [0.4, 0.5) is 4.79 Å². The van der Waals surface area contributed by atoms with Crippen molar-refractivity contribution >= 4 is 34.6 Å². The van der Waals surface area contributed by atoms with Crippen molar-refractivity contribution in [1.29, 1.82) is 0 Å². The number of carbonyl (C=O) groups excluding carboxylic acids is 2. The first-order valence-corrected chi connectivity index (χ1v) is 9.19. The van der Waals surface area contributed by atoms with Gasteiger partial charge in [0.1, 0.15) is 11.2 Å². The molecule has 0 spiro atoms. The largest absolute Gasteiger partial charge is 0.480 e. The summed E-state index contributed by atoms with van der Waals surface area (Å²) in [7, 11) is 1.50. The van der Waals surface area contributed by atoms with Gasteiger partial charge in [0.2, 0.25) is 5.88 Å². The normalized spacial score (nSPS) is 18.1. The SMILES string of the molecule is COc1nccc(I)c1C(=O)N1CCN(C(=O)OC(C)(C)C)[C@H](C)C1. The molecule has 0 aromatic carbocycles. The lowest BCUT2D eigenvalue weighted by atomic mass is 10.1. The van der Waals surface area contributed by atoms with E-state index in [4.69, 9.17) is 9.47 Å². The molecule has 0 unspecified atom stereocenters. The van der Waals surface area contributed by atoms with Crippen molar-refractivity contribution < 1.29 is 19.1 Å². The zero-order valence-electron chi connectivity index (χ0n) is 15.2. The Morgan fingerprint density at radius 3 is 2.56 bits per heavy atom. The predicted octanol–water partition coefficient (Wildman–Crippen LogP) is 2.78. The van der Waals surface area contributed by atoms with E-state index in [1.165, 1.54) is 7.11 Å². The second-order valence-corrected chi connectivity index (χ2v) is 8.11. The fraction of sp³-hybridized carbons (Fsp3) is 0.588. The monoisotopic (exact) mass is 461 g/mol. The molecule has 1 saturated heterocycles. The molecule has 25 heavy (non-hydrogen) atoms. The van der Waals surface area contributed by atoms with Crippen LogP contribution in [0.2, 0.25) is 0 Å². The van der Waals surface area contributed by atoms with Crippen molar-refractivity contribution in [2.45, 2.75) is 39.3 Å². The maximum Gasteiger partial charge on any atom is 0.410 e. The third-order valence-electron chi connectivity index (χ3n) is 3.82. The van der Waals surface area contributed by atoms with E-state index in [0.717, 1.165) is 3.57 Å². The van der Waals surface area contributed by atoms with Gasteiger partial charge in [-0.05, 0) is 56.4 Å². The zero-order valence-corrected chi connectivity index (χ0v) is 17.4. The quantitative estimate of drug-likeness (QED) is 0.634. The van der Waals surface area contributed by atoms with E-state index in [1.807, 2.05) is 27.7 Å². The number of halogens is 1. The van der Waals surface area contributed by atoms with Crippen LogP contribution in [0.1, 0.15) is 38.1 Å². The smallest absolute Gasteiger partial charge is 0.410 e. The lowest BCUT2D eigenvalue weighted by Crippen LogP contribution is -2.56. The molecule has 0 N–H and O–H groups in total. The minimum Gasteiger partial charge on any atom is -0.480 e. The van der Waals surface area contributed by atoms with E-state index >= 15 is 0 Å². The molecule has 1 fully saturated rings. The lowest BCUT2D eigenvalue weighted by Gasteiger charge is -2.40. The Morgan fingerprint density at radius 1 is 1.32 bits per heavy atom. The maximum absolute atomic E-state index is 12.9. The van der Waals surface area contributed by atoms with E-state index in [2.05, 4.69) is 27.6 Å². The van der Waals surface area contributed by atoms with Gasteiger partial charge in [-0.3, -0.25) is 4.79 Å². The first-order chi connectivity index (χ1) is 11.6. The Labute approximate surface area is 161 Å². The molecule has 2 amide bonds. The molecule has 2 rings (SSSR count). The number of hydrogen-bond donors (Lipinski definition) is 0. The van der Waals surface area contributed by atoms with Crippen LogP contribution in [0.3, 0.4) is 0 Å². The number of pyridine rings is 1. The number of hydrogen-bond acceptors (Lipinski definition) is 5. The van der Waals surface area contributed by atoms with Crippen LogP contribution in [-0.2, 0) is 4.74 Å². The van der Waals surface area contributed by atoms with Crippen LogP contribution in [0.5, 0.6) is 5.88 Å². The van der Waals surface area contributed by atoms with Crippen LogP contribution in [-0.4, -0.2) is 65.2 Å². The molecular weight excluding hydrogens is 437 g/mol. The highest BCUT2D eigenvalue weighted by molar-refractivity contribution is 14.1. The molecule has 1 aromatic heterocycles. The fourth-order valence-electron chi connectivity index (χ4n) is 2.66. The molecule has 2 heterocycles. The summed E-state index contributed by atoms with van der Waals surface area (Å²) in [6, 6.07) is 1.64. The molecule has 0 radical (unpaired) electrons. The minimum absolute atomic E-state index is 0.132. The molecule has 0 aliphatic carbocycles. The summed E-state index contributed by atoms with van der Waals surface area (Å²) in [4.78, 5) is 32.7. The Kier molecular flexibility index (Phi) is 6.12. The van der Waals surface area contributed by atoms with E-state index < -0.39 is 5.60 Å². The molecule has 7 nitrogen and oxygen atoms in total. The summed E-state index contributed by atoms with van der Waals surface area (Å²) in [5, 5.41) is 0. The number of carbonyl (C=O) groups is 2. The van der Waals surface area contributed by atoms with Gasteiger partial charge < -0.3 is 19.3 Å². The third kappa shape index (κ3) is 4.74. The standard InChI is InChI=1S/C17H24IN3O4/c1-11-10-20(8-9-21(11)16(23)25-17(2,3)4)15(22)13-12(18)6-7-19-14(13)24-5/h6-7,11H,8-10H2,1-5H3/t11-/m1/s1. The number of amides is 2. The van der Waals surface area contributed by atoms with Gasteiger partial charge in [0.05, 0.1) is 7.11 Å². The van der Waals surface area contributed by atoms with Gasteiger partial charge in [-0.1, -0.05) is 0 Å². The highest BCUT2D eigenvalue weighted by Gasteiger charge is 2.34. The van der Waals surface area contributed by atoms with Gasteiger partial charge >= 0.3 is 6.09 Å². The number of rotatable bonds is 2. The summed E-state index contributed by atoms with van der Waals surface area (Å²) in [6.07, 6.45) is 1.26. The topological polar surface area (TPSA) is 72.0 Å². The molecule has 1 atom stereocenters. The molecule has 138 valence electrons. The van der Waals surface area contributed by atoms with Crippen LogP contribution in [0, 0.1) is 3.57 Å². The number of ether oxygens (including phenoxy) is 2. The van der Waals surface area contributed by atoms with Crippen molar-refractivity contribution in [3.05, 3.63) is 21.4 Å². The van der Waals surface area contributed by atoms with Crippen molar-refractivity contribution in [1.82, 2.24) is 14.8 Å². The molecule has 0 bridgehead atoms. The Hall–Kier alpha value is -1.58. The number of nitrogens with zero attached hydrogens (tertiary/aromatic N) is 3. The first kappa shape index (κ1) is 19.7. The van der Waals surface area contributed by atoms with Crippen molar-refractivity contribution in [2.75, 3.05) is 26.7 Å². The highest BCUT2D eigenvalue weighted by Crippen LogP contribution is 2.24. The lowest BCUT2D eigenvalue weighted by molar-refractivity contribution is 0.00190. The molecular formula is C17H24IN3O4. The van der Waals surface area contributed by atoms with Gasteiger partial charge in [0, 0.05) is 35.4 Å². The molecule has 1 aliphatic rings. The predicted molar refractivity (Wildman–Crippen MR) is 102 cm³/mol. The molecule has 8 heteroatoms. The van der Waals surface area contributed by atoms with Gasteiger partial charge in [-0.2, -0.15) is 0 Å². The van der Waals surface area contributed by atoms with Crippen LogP contribution < -0.4 is 4.74 Å². The van der Waals surface area contributed by atoms with Crippen molar-refractivity contribution in [3.63, 3.8) is 0 Å². The number of piperazine rings is 1. The summed E-state index contributed by atoms with van der Waals surface area (Å²) >= 11 is 2.10. The van der Waals surface area contributed by atoms with E-state index in [9.17, 15) is 9.59 Å². The number of methoxy groups -OCH3 is 1. The minimum atomic E-state index is -0.539. The average Bonchev–Trinajstić information content (AvgIpc) is 2.52. The Morgan fingerprint density at radius 2 is 2.00 bits per heavy atom. The van der Waals surface area contributed by atoms with Gasteiger partial charge in [-0.25, -0.2) is 9.78 Å². The summed E-state index contributed by atoms with van der Waals surface area (Å²) < 4.78 is 11.5.